The molecule has 0 fully saturated rings. The maximum absolute atomic E-state index is 6.06. The standard InChI is InChI=1S/C17H21N5O/c1-22(2)9-10-23-14-8-7-13(11-3-5-12(18)6-4-11)15-16(14)20-21-17(15)19/h3-8H,9-10,18H2,1-2H3,(H3,19,20,21). The van der Waals surface area contributed by atoms with E-state index in [2.05, 4.69) is 15.1 Å². The molecule has 0 aliphatic heterocycles. The normalized spacial score (nSPS) is 11.3. The van der Waals surface area contributed by atoms with E-state index < -0.39 is 0 Å². The topological polar surface area (TPSA) is 93.2 Å². The zero-order valence-corrected chi connectivity index (χ0v) is 13.3. The lowest BCUT2D eigenvalue weighted by Gasteiger charge is -2.13. The van der Waals surface area contributed by atoms with Gasteiger partial charge in [-0.3, -0.25) is 5.10 Å². The van der Waals surface area contributed by atoms with Gasteiger partial charge in [0.05, 0.1) is 5.39 Å². The van der Waals surface area contributed by atoms with E-state index >= 15 is 0 Å². The molecule has 0 saturated carbocycles. The highest BCUT2D eigenvalue weighted by Gasteiger charge is 2.14. The Kier molecular flexibility index (Phi) is 4.08. The number of ether oxygens (including phenoxy) is 1. The molecule has 120 valence electrons. The van der Waals surface area contributed by atoms with E-state index in [1.807, 2.05) is 50.5 Å². The first-order valence-electron chi connectivity index (χ1n) is 7.46. The predicted octanol–water partition coefficient (Wildman–Crippen LogP) is 2.33. The van der Waals surface area contributed by atoms with Crippen LogP contribution >= 0.6 is 0 Å². The van der Waals surface area contributed by atoms with Crippen molar-refractivity contribution >= 4 is 22.4 Å². The van der Waals surface area contributed by atoms with Gasteiger partial charge in [-0.1, -0.05) is 12.1 Å². The number of nitrogens with zero attached hydrogens (tertiary/aromatic N) is 2. The largest absolute Gasteiger partial charge is 0.490 e. The molecule has 6 heteroatoms. The average molecular weight is 311 g/mol. The number of rotatable bonds is 5. The molecule has 1 aromatic heterocycles. The minimum Gasteiger partial charge on any atom is -0.490 e. The van der Waals surface area contributed by atoms with Crippen LogP contribution in [-0.4, -0.2) is 42.3 Å². The Balaban J connectivity index is 2.01. The van der Waals surface area contributed by atoms with Crippen LogP contribution in [-0.2, 0) is 0 Å². The monoisotopic (exact) mass is 311 g/mol. The summed E-state index contributed by atoms with van der Waals surface area (Å²) >= 11 is 0. The molecule has 23 heavy (non-hydrogen) atoms. The summed E-state index contributed by atoms with van der Waals surface area (Å²) in [6, 6.07) is 11.6. The van der Waals surface area contributed by atoms with E-state index in [1.165, 1.54) is 0 Å². The molecule has 1 heterocycles. The first-order chi connectivity index (χ1) is 11.1. The first kappa shape index (κ1) is 15.2. The minimum atomic E-state index is 0.463. The molecular formula is C17H21N5O. The second-order valence-corrected chi connectivity index (χ2v) is 5.74. The number of hydrogen-bond donors (Lipinski definition) is 3. The van der Waals surface area contributed by atoms with E-state index in [9.17, 15) is 0 Å². The molecule has 0 amide bonds. The molecule has 0 spiro atoms. The van der Waals surface area contributed by atoms with E-state index in [-0.39, 0.29) is 0 Å². The lowest BCUT2D eigenvalue weighted by Crippen LogP contribution is -2.19. The summed E-state index contributed by atoms with van der Waals surface area (Å²) in [6.45, 7) is 1.44. The number of aromatic amines is 1. The zero-order chi connectivity index (χ0) is 16.4. The Morgan fingerprint density at radius 3 is 2.52 bits per heavy atom. The Bertz CT molecular complexity index is 808. The maximum atomic E-state index is 6.06. The molecule has 6 nitrogen and oxygen atoms in total. The first-order valence-corrected chi connectivity index (χ1v) is 7.46. The van der Waals surface area contributed by atoms with Crippen molar-refractivity contribution in [2.24, 2.45) is 0 Å². The third-order valence-electron chi connectivity index (χ3n) is 3.73. The van der Waals surface area contributed by atoms with Gasteiger partial charge in [0.15, 0.2) is 5.82 Å². The van der Waals surface area contributed by atoms with Crippen molar-refractivity contribution in [1.82, 2.24) is 15.1 Å². The van der Waals surface area contributed by atoms with Gasteiger partial charge in [-0.2, -0.15) is 5.10 Å². The lowest BCUT2D eigenvalue weighted by atomic mass is 10.0. The predicted molar refractivity (Wildman–Crippen MR) is 94.4 cm³/mol. The highest BCUT2D eigenvalue weighted by molar-refractivity contribution is 6.04. The number of nitrogens with two attached hydrogens (primary N) is 2. The van der Waals surface area contributed by atoms with E-state index in [1.54, 1.807) is 0 Å². The fourth-order valence-electron chi connectivity index (χ4n) is 2.49. The van der Waals surface area contributed by atoms with Crippen molar-refractivity contribution < 1.29 is 4.74 Å². The van der Waals surface area contributed by atoms with Crippen LogP contribution in [0.5, 0.6) is 5.75 Å². The number of nitrogen functional groups attached to an aromatic ring is 2. The van der Waals surface area contributed by atoms with Gasteiger partial charge in [-0.25, -0.2) is 0 Å². The fourth-order valence-corrected chi connectivity index (χ4v) is 2.49. The van der Waals surface area contributed by atoms with Crippen molar-refractivity contribution in [3.05, 3.63) is 36.4 Å². The van der Waals surface area contributed by atoms with E-state index in [4.69, 9.17) is 16.2 Å². The Morgan fingerprint density at radius 1 is 1.09 bits per heavy atom. The number of nitrogens with one attached hydrogen (secondary N) is 1. The van der Waals surface area contributed by atoms with Crippen LogP contribution < -0.4 is 16.2 Å². The number of H-pyrrole nitrogens is 1. The summed E-state index contributed by atoms with van der Waals surface area (Å²) in [6.07, 6.45) is 0. The van der Waals surface area contributed by atoms with Crippen molar-refractivity contribution in [1.29, 1.82) is 0 Å². The van der Waals surface area contributed by atoms with Crippen LogP contribution in [0, 0.1) is 0 Å². The molecule has 0 aliphatic carbocycles. The van der Waals surface area contributed by atoms with Gasteiger partial charge in [-0.05, 0) is 49.5 Å². The van der Waals surface area contributed by atoms with Gasteiger partial charge in [0, 0.05) is 12.2 Å². The second kappa shape index (κ2) is 6.18. The van der Waals surface area contributed by atoms with Crippen molar-refractivity contribution in [3.63, 3.8) is 0 Å². The molecule has 0 radical (unpaired) electrons. The average Bonchev–Trinajstić information content (AvgIpc) is 2.91. The Morgan fingerprint density at radius 2 is 1.83 bits per heavy atom. The highest BCUT2D eigenvalue weighted by atomic mass is 16.5. The molecule has 5 N–H and O–H groups in total. The van der Waals surface area contributed by atoms with Crippen molar-refractivity contribution in [2.75, 3.05) is 38.7 Å². The van der Waals surface area contributed by atoms with E-state index in [0.717, 1.165) is 40.0 Å². The maximum Gasteiger partial charge on any atom is 0.153 e. The number of anilines is 2. The third kappa shape index (κ3) is 3.07. The Hall–Kier alpha value is -2.73. The molecule has 0 atom stereocenters. The van der Waals surface area contributed by atoms with Crippen LogP contribution in [0.25, 0.3) is 22.0 Å². The quantitative estimate of drug-likeness (QED) is 0.629. The summed E-state index contributed by atoms with van der Waals surface area (Å²) in [4.78, 5) is 2.07. The van der Waals surface area contributed by atoms with Crippen LogP contribution in [0.2, 0.25) is 0 Å². The van der Waals surface area contributed by atoms with Gasteiger partial charge in [0.1, 0.15) is 17.9 Å². The number of fused-ring (bicyclic) bond motifs is 1. The summed E-state index contributed by atoms with van der Waals surface area (Å²) in [5.74, 6) is 1.22. The fraction of sp³-hybridized carbons (Fsp3) is 0.235. The summed E-state index contributed by atoms with van der Waals surface area (Å²) in [5, 5.41) is 7.99. The number of likely N-dealkylation sites (N-methyl/N-ethyl adjacent to an activating group) is 1. The SMILES string of the molecule is CN(C)CCOc1ccc(-c2ccc(N)cc2)c2c(N)n[nH]c12. The van der Waals surface area contributed by atoms with Crippen LogP contribution in [0.4, 0.5) is 11.5 Å². The molecule has 3 aromatic rings. The van der Waals surface area contributed by atoms with Crippen LogP contribution in [0.3, 0.4) is 0 Å². The molecule has 0 aliphatic rings. The second-order valence-electron chi connectivity index (χ2n) is 5.74. The zero-order valence-electron chi connectivity index (χ0n) is 13.3. The minimum absolute atomic E-state index is 0.463. The van der Waals surface area contributed by atoms with Crippen LogP contribution in [0.15, 0.2) is 36.4 Å². The molecular weight excluding hydrogens is 290 g/mol. The smallest absolute Gasteiger partial charge is 0.153 e. The van der Waals surface area contributed by atoms with Crippen molar-refractivity contribution in [3.8, 4) is 16.9 Å². The third-order valence-corrected chi connectivity index (χ3v) is 3.73. The molecule has 0 saturated heterocycles. The summed E-state index contributed by atoms with van der Waals surface area (Å²) < 4.78 is 5.86. The molecule has 2 aromatic carbocycles. The Labute approximate surface area is 135 Å². The number of hydrogen-bond acceptors (Lipinski definition) is 5. The van der Waals surface area contributed by atoms with Gasteiger partial charge >= 0.3 is 0 Å². The van der Waals surface area contributed by atoms with E-state index in [0.29, 0.717) is 12.4 Å². The summed E-state index contributed by atoms with van der Waals surface area (Å²) in [5.41, 5.74) is 15.4. The summed E-state index contributed by atoms with van der Waals surface area (Å²) in [7, 11) is 4.02. The number of benzene rings is 2. The van der Waals surface area contributed by atoms with Gasteiger partial charge in [0.2, 0.25) is 0 Å². The van der Waals surface area contributed by atoms with Gasteiger partial charge < -0.3 is 21.1 Å². The van der Waals surface area contributed by atoms with Crippen molar-refractivity contribution in [2.45, 2.75) is 0 Å². The molecule has 0 unspecified atom stereocenters. The lowest BCUT2D eigenvalue weighted by molar-refractivity contribution is 0.263. The molecule has 3 rings (SSSR count). The van der Waals surface area contributed by atoms with Gasteiger partial charge in [-0.15, -0.1) is 0 Å². The van der Waals surface area contributed by atoms with Gasteiger partial charge in [0.25, 0.3) is 0 Å². The number of aromatic nitrogens is 2. The molecule has 0 bridgehead atoms. The van der Waals surface area contributed by atoms with Crippen LogP contribution in [0.1, 0.15) is 0 Å². The highest BCUT2D eigenvalue weighted by Crippen LogP contribution is 2.36.